The molecular formula is C14H10I2N2O2S. The summed E-state index contributed by atoms with van der Waals surface area (Å²) >= 11 is 8.31. The number of carbonyl (C=O) groups is 2. The number of anilines is 1. The molecule has 0 aliphatic rings. The zero-order valence-corrected chi connectivity index (χ0v) is 15.8. The largest absolute Gasteiger partial charge is 0.338 e. The Kier molecular flexibility index (Phi) is 5.88. The SMILES string of the molecule is O=C(Nc1cc(I)cc(I)c1)N(S)C(=O)c1ccccc1. The fourth-order valence-corrected chi connectivity index (χ4v) is 3.70. The fraction of sp³-hybridized carbons (Fsp3) is 0. The molecule has 0 fully saturated rings. The van der Waals surface area contributed by atoms with Crippen LogP contribution in [0.15, 0.2) is 48.5 Å². The molecular weight excluding hydrogens is 514 g/mol. The highest BCUT2D eigenvalue weighted by Gasteiger charge is 2.19. The maximum absolute atomic E-state index is 12.1. The number of amides is 3. The van der Waals surface area contributed by atoms with Crippen LogP contribution in [-0.2, 0) is 0 Å². The van der Waals surface area contributed by atoms with Gasteiger partial charge in [-0.05, 0) is 75.5 Å². The molecule has 0 atom stereocenters. The molecule has 21 heavy (non-hydrogen) atoms. The van der Waals surface area contributed by atoms with Gasteiger partial charge in [-0.15, -0.1) is 0 Å². The van der Waals surface area contributed by atoms with Crippen LogP contribution < -0.4 is 5.32 Å². The third-order valence-electron chi connectivity index (χ3n) is 2.52. The summed E-state index contributed by atoms with van der Waals surface area (Å²) in [4.78, 5) is 24.2. The average molecular weight is 524 g/mol. The lowest BCUT2D eigenvalue weighted by Gasteiger charge is -2.15. The Bertz CT molecular complexity index is 660. The quantitative estimate of drug-likeness (QED) is 0.452. The molecule has 7 heteroatoms. The van der Waals surface area contributed by atoms with Gasteiger partial charge in [0, 0.05) is 18.4 Å². The van der Waals surface area contributed by atoms with Crippen LogP contribution in [0.1, 0.15) is 10.4 Å². The van der Waals surface area contributed by atoms with Crippen molar-refractivity contribution in [3.8, 4) is 0 Å². The van der Waals surface area contributed by atoms with Gasteiger partial charge in [0.2, 0.25) is 0 Å². The molecule has 4 nitrogen and oxygen atoms in total. The molecule has 108 valence electrons. The number of hydrogen-bond donors (Lipinski definition) is 2. The van der Waals surface area contributed by atoms with Gasteiger partial charge in [-0.3, -0.25) is 4.79 Å². The van der Waals surface area contributed by atoms with Crippen molar-refractivity contribution >= 4 is 75.6 Å². The highest BCUT2D eigenvalue weighted by atomic mass is 127. The Morgan fingerprint density at radius 1 is 1.00 bits per heavy atom. The summed E-state index contributed by atoms with van der Waals surface area (Å²) in [7, 11) is 0. The second-order valence-corrected chi connectivity index (χ2v) is 6.96. The predicted octanol–water partition coefficient (Wildman–Crippen LogP) is 4.41. The predicted molar refractivity (Wildman–Crippen MR) is 102 cm³/mol. The Morgan fingerprint density at radius 3 is 2.14 bits per heavy atom. The summed E-state index contributed by atoms with van der Waals surface area (Å²) in [6.45, 7) is 0. The van der Waals surface area contributed by atoms with E-state index in [9.17, 15) is 9.59 Å². The molecule has 0 aliphatic heterocycles. The number of nitrogens with one attached hydrogen (secondary N) is 1. The monoisotopic (exact) mass is 524 g/mol. The molecule has 3 amide bonds. The van der Waals surface area contributed by atoms with Crippen LogP contribution in [0.4, 0.5) is 10.5 Å². The van der Waals surface area contributed by atoms with Gasteiger partial charge < -0.3 is 5.32 Å². The van der Waals surface area contributed by atoms with Crippen molar-refractivity contribution in [3.63, 3.8) is 0 Å². The third kappa shape index (κ3) is 4.58. The number of benzene rings is 2. The van der Waals surface area contributed by atoms with Crippen LogP contribution in [0.5, 0.6) is 0 Å². The summed E-state index contributed by atoms with van der Waals surface area (Å²) in [6.07, 6.45) is 0. The summed E-state index contributed by atoms with van der Waals surface area (Å²) in [5.41, 5.74) is 1.02. The van der Waals surface area contributed by atoms with Crippen molar-refractivity contribution < 1.29 is 9.59 Å². The van der Waals surface area contributed by atoms with Crippen LogP contribution in [0.3, 0.4) is 0 Å². The van der Waals surface area contributed by atoms with Gasteiger partial charge in [0.25, 0.3) is 5.91 Å². The van der Waals surface area contributed by atoms with Gasteiger partial charge in [-0.25, -0.2) is 9.10 Å². The van der Waals surface area contributed by atoms with Gasteiger partial charge in [-0.1, -0.05) is 31.0 Å². The van der Waals surface area contributed by atoms with Gasteiger partial charge in [0.05, 0.1) is 0 Å². The molecule has 2 rings (SSSR count). The third-order valence-corrected chi connectivity index (χ3v) is 4.13. The first-order chi connectivity index (χ1) is 9.97. The molecule has 0 saturated heterocycles. The summed E-state index contributed by atoms with van der Waals surface area (Å²) in [5, 5.41) is 2.65. The Hall–Kier alpha value is -0.810. The summed E-state index contributed by atoms with van der Waals surface area (Å²) in [6, 6.07) is 13.5. The van der Waals surface area contributed by atoms with Crippen molar-refractivity contribution in [1.82, 2.24) is 4.31 Å². The number of halogens is 2. The minimum Gasteiger partial charge on any atom is -0.307 e. The molecule has 0 aromatic heterocycles. The van der Waals surface area contributed by atoms with Gasteiger partial charge in [0.1, 0.15) is 0 Å². The Balaban J connectivity index is 2.11. The first-order valence-corrected chi connectivity index (χ1v) is 8.38. The number of thiol groups is 1. The molecule has 0 radical (unpaired) electrons. The average Bonchev–Trinajstić information content (AvgIpc) is 2.45. The normalized spacial score (nSPS) is 10.0. The van der Waals surface area contributed by atoms with Crippen LogP contribution >= 0.6 is 58.0 Å². The van der Waals surface area contributed by atoms with E-state index in [2.05, 4.69) is 63.3 Å². The number of imide groups is 1. The van der Waals surface area contributed by atoms with E-state index in [1.54, 1.807) is 30.3 Å². The standard InChI is InChI=1S/C14H10I2N2O2S/c15-10-6-11(16)8-12(7-10)17-14(20)18(21)13(19)9-4-2-1-3-5-9/h1-8,21H,(H,17,20). The van der Waals surface area contributed by atoms with Crippen molar-refractivity contribution in [1.29, 1.82) is 0 Å². The molecule has 2 aromatic carbocycles. The zero-order valence-electron chi connectivity index (χ0n) is 10.6. The second-order valence-electron chi connectivity index (χ2n) is 4.07. The van der Waals surface area contributed by atoms with E-state index in [1.165, 1.54) is 0 Å². The maximum atomic E-state index is 12.1. The van der Waals surface area contributed by atoms with E-state index in [-0.39, 0.29) is 0 Å². The number of carbonyl (C=O) groups excluding carboxylic acids is 2. The maximum Gasteiger partial charge on any atom is 0.338 e. The number of hydrogen-bond acceptors (Lipinski definition) is 3. The lowest BCUT2D eigenvalue weighted by Crippen LogP contribution is -2.32. The van der Waals surface area contributed by atoms with Crippen molar-refractivity contribution in [2.24, 2.45) is 0 Å². The van der Waals surface area contributed by atoms with Crippen LogP contribution in [0.2, 0.25) is 0 Å². The van der Waals surface area contributed by atoms with E-state index in [1.807, 2.05) is 18.2 Å². The number of nitrogens with zero attached hydrogens (tertiary/aromatic N) is 1. The highest BCUT2D eigenvalue weighted by Crippen LogP contribution is 2.19. The van der Waals surface area contributed by atoms with Crippen molar-refractivity contribution in [2.45, 2.75) is 0 Å². The van der Waals surface area contributed by atoms with E-state index < -0.39 is 11.9 Å². The first-order valence-electron chi connectivity index (χ1n) is 5.83. The smallest absolute Gasteiger partial charge is 0.307 e. The zero-order chi connectivity index (χ0) is 15.4. The molecule has 0 saturated carbocycles. The van der Waals surface area contributed by atoms with E-state index in [4.69, 9.17) is 0 Å². The molecule has 2 aromatic rings. The van der Waals surface area contributed by atoms with Crippen LogP contribution in [0, 0.1) is 7.14 Å². The molecule has 0 heterocycles. The Labute approximate surface area is 155 Å². The number of urea groups is 1. The minimum atomic E-state index is -0.593. The second kappa shape index (κ2) is 7.45. The molecule has 0 aliphatic carbocycles. The summed E-state index contributed by atoms with van der Waals surface area (Å²) in [5.74, 6) is -0.475. The van der Waals surface area contributed by atoms with Gasteiger partial charge in [-0.2, -0.15) is 0 Å². The topological polar surface area (TPSA) is 49.4 Å². The highest BCUT2D eigenvalue weighted by molar-refractivity contribution is 14.1. The van der Waals surface area contributed by atoms with Crippen LogP contribution in [0.25, 0.3) is 0 Å². The number of rotatable bonds is 2. The minimum absolute atomic E-state index is 0.403. The molecule has 1 N–H and O–H groups in total. The molecule has 0 unspecified atom stereocenters. The van der Waals surface area contributed by atoms with Gasteiger partial charge >= 0.3 is 6.03 Å². The summed E-state index contributed by atoms with van der Waals surface area (Å²) < 4.78 is 2.76. The lowest BCUT2D eigenvalue weighted by atomic mass is 10.2. The molecule has 0 spiro atoms. The van der Waals surface area contributed by atoms with E-state index >= 15 is 0 Å². The van der Waals surface area contributed by atoms with Crippen molar-refractivity contribution in [2.75, 3.05) is 5.32 Å². The van der Waals surface area contributed by atoms with Crippen LogP contribution in [-0.4, -0.2) is 16.2 Å². The van der Waals surface area contributed by atoms with E-state index in [0.29, 0.717) is 11.3 Å². The molecule has 0 bridgehead atoms. The first kappa shape index (κ1) is 16.6. The Morgan fingerprint density at radius 2 is 1.57 bits per heavy atom. The lowest BCUT2D eigenvalue weighted by molar-refractivity contribution is 0.0902. The van der Waals surface area contributed by atoms with Crippen molar-refractivity contribution in [3.05, 3.63) is 61.2 Å². The fourth-order valence-electron chi connectivity index (χ4n) is 1.60. The van der Waals surface area contributed by atoms with Gasteiger partial charge in [0.15, 0.2) is 0 Å². The van der Waals surface area contributed by atoms with E-state index in [0.717, 1.165) is 11.4 Å².